The number of pyridine rings is 1. The van der Waals surface area contributed by atoms with Crippen molar-refractivity contribution in [2.45, 2.75) is 31.7 Å². The van der Waals surface area contributed by atoms with Crippen LogP contribution in [0.1, 0.15) is 41.9 Å². The summed E-state index contributed by atoms with van der Waals surface area (Å²) in [4.78, 5) is 32.0. The van der Waals surface area contributed by atoms with E-state index in [2.05, 4.69) is 25.3 Å². The molecule has 3 unspecified atom stereocenters. The molecule has 13 heteroatoms. The zero-order valence-electron chi connectivity index (χ0n) is 21.1. The molecule has 7 N–H and O–H groups in total. The Morgan fingerprint density at radius 2 is 2.05 bits per heavy atom. The van der Waals surface area contributed by atoms with Crippen LogP contribution in [0.2, 0.25) is 0 Å². The molecule has 0 aromatic carbocycles. The summed E-state index contributed by atoms with van der Waals surface area (Å²) in [5.41, 5.74) is 13.2. The molecule has 3 heterocycles. The van der Waals surface area contributed by atoms with Gasteiger partial charge in [0.25, 0.3) is 5.91 Å². The molecule has 3 fully saturated rings. The van der Waals surface area contributed by atoms with Crippen LogP contribution >= 0.6 is 0 Å². The van der Waals surface area contributed by atoms with Gasteiger partial charge in [0.1, 0.15) is 0 Å². The van der Waals surface area contributed by atoms with Crippen LogP contribution in [-0.4, -0.2) is 70.7 Å². The number of hydrazine groups is 1. The van der Waals surface area contributed by atoms with E-state index in [0.717, 1.165) is 25.2 Å². The van der Waals surface area contributed by atoms with Gasteiger partial charge in [-0.2, -0.15) is 15.0 Å². The number of rotatable bonds is 9. The average Bonchev–Trinajstić information content (AvgIpc) is 3.56. The van der Waals surface area contributed by atoms with Crippen LogP contribution in [0.25, 0.3) is 5.70 Å². The van der Waals surface area contributed by atoms with Crippen molar-refractivity contribution in [3.63, 3.8) is 0 Å². The molecular formula is C24H34N10O3. The Morgan fingerprint density at radius 1 is 1.27 bits per heavy atom. The van der Waals surface area contributed by atoms with Crippen molar-refractivity contribution < 1.29 is 14.3 Å². The summed E-state index contributed by atoms with van der Waals surface area (Å²) in [5.74, 6) is 8.42. The molecule has 2 saturated carbocycles. The van der Waals surface area contributed by atoms with E-state index in [-0.39, 0.29) is 23.8 Å². The summed E-state index contributed by atoms with van der Waals surface area (Å²) in [6, 6.07) is 2.14. The molecule has 0 radical (unpaired) electrons. The third kappa shape index (κ3) is 5.61. The Labute approximate surface area is 215 Å². The van der Waals surface area contributed by atoms with Gasteiger partial charge in [-0.3, -0.25) is 4.79 Å². The molecule has 1 amide bonds. The van der Waals surface area contributed by atoms with Crippen molar-refractivity contribution in [2.24, 2.45) is 29.3 Å². The third-order valence-electron chi connectivity index (χ3n) is 7.29. The largest absolute Gasteiger partial charge is 0.489 e. The number of nitrogens with zero attached hydrogens (tertiary/aromatic N) is 6. The number of piperidine rings is 1. The second kappa shape index (κ2) is 10.2. The van der Waals surface area contributed by atoms with Gasteiger partial charge in [0.05, 0.1) is 19.4 Å². The average molecular weight is 511 g/mol. The zero-order valence-corrected chi connectivity index (χ0v) is 21.1. The number of nitrogen functional groups attached to an aromatic ring is 1. The molecule has 2 aliphatic carbocycles. The summed E-state index contributed by atoms with van der Waals surface area (Å²) < 4.78 is 11.3. The highest BCUT2D eigenvalue weighted by Crippen LogP contribution is 2.55. The second-order valence-corrected chi connectivity index (χ2v) is 10.0. The lowest BCUT2D eigenvalue weighted by Gasteiger charge is -2.32. The smallest absolute Gasteiger partial charge is 0.321 e. The summed E-state index contributed by atoms with van der Waals surface area (Å²) in [5, 5.41) is 4.42. The lowest BCUT2D eigenvalue weighted by atomic mass is 9.93. The van der Waals surface area contributed by atoms with E-state index >= 15 is 0 Å². The molecule has 3 atom stereocenters. The highest BCUT2D eigenvalue weighted by atomic mass is 16.5. The molecule has 3 aliphatic rings. The Morgan fingerprint density at radius 3 is 2.70 bits per heavy atom. The topological polar surface area (TPSA) is 184 Å². The zero-order chi connectivity index (χ0) is 26.1. The molecule has 0 spiro atoms. The number of ether oxygens (including phenoxy) is 2. The monoisotopic (exact) mass is 510 g/mol. The second-order valence-electron chi connectivity index (χ2n) is 10.0. The number of hydrogen-bond acceptors (Lipinski definition) is 12. The molecule has 2 aromatic heterocycles. The number of nitrogens with two attached hydrogens (primary N) is 3. The standard InChI is InChI=1S/C24H34N10O3/c1-33(27)11-17(25)15-9-19(20(26)28-10-15)37-12-13-3-5-34(6-4-13)23-30-21(31-24(32-23)36-2)22(35)29-18-8-14-7-16(14)18/h9-11,13-14,16,18H,3-8,12,25,27H2,1-2H3,(H2,26,28)(H,29,35)/b17-11-. The Hall–Kier alpha value is -3.87. The van der Waals surface area contributed by atoms with Gasteiger partial charge in [0.2, 0.25) is 11.8 Å². The number of hydrogen-bond donors (Lipinski definition) is 4. The highest BCUT2D eigenvalue weighted by molar-refractivity contribution is 5.91. The molecule has 13 nitrogen and oxygen atoms in total. The lowest BCUT2D eigenvalue weighted by Crippen LogP contribution is -2.43. The van der Waals surface area contributed by atoms with Gasteiger partial charge >= 0.3 is 6.01 Å². The predicted octanol–water partition coefficient (Wildman–Crippen LogP) is 0.354. The summed E-state index contributed by atoms with van der Waals surface area (Å²) in [6.45, 7) is 1.91. The molecular weight excluding hydrogens is 476 g/mol. The minimum absolute atomic E-state index is 0.0911. The van der Waals surface area contributed by atoms with E-state index in [1.807, 2.05) is 4.90 Å². The maximum Gasteiger partial charge on any atom is 0.321 e. The molecule has 5 rings (SSSR count). The Bertz CT molecular complexity index is 1180. The first kappa shape index (κ1) is 24.8. The molecule has 198 valence electrons. The van der Waals surface area contributed by atoms with E-state index < -0.39 is 0 Å². The van der Waals surface area contributed by atoms with Crippen molar-refractivity contribution in [3.8, 4) is 11.8 Å². The number of anilines is 2. The van der Waals surface area contributed by atoms with Gasteiger partial charge in [-0.15, -0.1) is 0 Å². The fourth-order valence-electron chi connectivity index (χ4n) is 4.95. The lowest BCUT2D eigenvalue weighted by molar-refractivity contribution is 0.0899. The normalized spacial score (nSPS) is 23.1. The predicted molar refractivity (Wildman–Crippen MR) is 137 cm³/mol. The van der Waals surface area contributed by atoms with E-state index in [0.29, 0.717) is 60.3 Å². The van der Waals surface area contributed by atoms with Gasteiger partial charge in [0, 0.05) is 44.1 Å². The molecule has 37 heavy (non-hydrogen) atoms. The quantitative estimate of drug-likeness (QED) is 0.268. The molecule has 1 aliphatic heterocycles. The van der Waals surface area contributed by atoms with E-state index in [4.69, 9.17) is 26.8 Å². The number of methoxy groups -OCH3 is 1. The van der Waals surface area contributed by atoms with Crippen LogP contribution < -0.4 is 37.0 Å². The SMILES string of the molecule is COc1nc(C(=O)NC2CC3CC32)nc(N2CCC(COc3cc(/C(N)=C/N(C)N)cnc3N)CC2)n1. The number of nitrogens with one attached hydrogen (secondary N) is 1. The van der Waals surface area contributed by atoms with Crippen molar-refractivity contribution in [1.82, 2.24) is 30.3 Å². The summed E-state index contributed by atoms with van der Waals surface area (Å²) in [7, 11) is 3.17. The number of carbonyl (C=O) groups excluding carboxylic acids is 1. The van der Waals surface area contributed by atoms with Crippen LogP contribution in [0.3, 0.4) is 0 Å². The van der Waals surface area contributed by atoms with Crippen molar-refractivity contribution in [2.75, 3.05) is 44.5 Å². The van der Waals surface area contributed by atoms with E-state index in [9.17, 15) is 4.79 Å². The van der Waals surface area contributed by atoms with Crippen LogP contribution in [0.5, 0.6) is 11.8 Å². The van der Waals surface area contributed by atoms with Gasteiger partial charge < -0.3 is 36.2 Å². The molecule has 0 bridgehead atoms. The third-order valence-corrected chi connectivity index (χ3v) is 7.29. The van der Waals surface area contributed by atoms with Crippen LogP contribution in [0, 0.1) is 17.8 Å². The Kier molecular flexibility index (Phi) is 6.87. The maximum atomic E-state index is 12.7. The van der Waals surface area contributed by atoms with Crippen molar-refractivity contribution in [3.05, 3.63) is 29.9 Å². The van der Waals surface area contributed by atoms with Crippen LogP contribution in [0.4, 0.5) is 11.8 Å². The van der Waals surface area contributed by atoms with Gasteiger partial charge in [-0.1, -0.05) is 0 Å². The van der Waals surface area contributed by atoms with E-state index in [1.165, 1.54) is 18.5 Å². The maximum absolute atomic E-state index is 12.7. The van der Waals surface area contributed by atoms with Crippen molar-refractivity contribution in [1.29, 1.82) is 0 Å². The number of aromatic nitrogens is 4. The number of carbonyl (C=O) groups is 1. The van der Waals surface area contributed by atoms with Gasteiger partial charge in [0.15, 0.2) is 11.6 Å². The minimum atomic E-state index is -0.275. The number of fused-ring (bicyclic) bond motifs is 1. The van der Waals surface area contributed by atoms with Crippen molar-refractivity contribution >= 4 is 23.4 Å². The van der Waals surface area contributed by atoms with Crippen LogP contribution in [0.15, 0.2) is 18.5 Å². The first-order valence-corrected chi connectivity index (χ1v) is 12.5. The van der Waals surface area contributed by atoms with Gasteiger partial charge in [-0.25, -0.2) is 10.8 Å². The molecule has 2 aromatic rings. The first-order valence-electron chi connectivity index (χ1n) is 12.5. The molecule has 1 saturated heterocycles. The summed E-state index contributed by atoms with van der Waals surface area (Å²) >= 11 is 0. The Balaban J connectivity index is 1.17. The number of amides is 1. The minimum Gasteiger partial charge on any atom is -0.489 e. The van der Waals surface area contributed by atoms with Gasteiger partial charge in [-0.05, 0) is 49.5 Å². The highest BCUT2D eigenvalue weighted by Gasteiger charge is 2.54. The fourth-order valence-corrected chi connectivity index (χ4v) is 4.95. The first-order chi connectivity index (χ1) is 17.8. The van der Waals surface area contributed by atoms with Crippen LogP contribution in [-0.2, 0) is 0 Å². The fraction of sp³-hybridized carbons (Fsp3) is 0.542. The summed E-state index contributed by atoms with van der Waals surface area (Å²) in [6.07, 6.45) is 7.14. The van der Waals surface area contributed by atoms with E-state index in [1.54, 1.807) is 25.5 Å².